The van der Waals surface area contributed by atoms with Crippen LogP contribution in [0.25, 0.3) is 0 Å². The van der Waals surface area contributed by atoms with Crippen molar-refractivity contribution in [3.05, 3.63) is 47.0 Å². The monoisotopic (exact) mass is 347 g/mol. The summed E-state index contributed by atoms with van der Waals surface area (Å²) in [6.07, 6.45) is 1.60. The standard InChI is InChI=1S/C19H26FN3O2/c1-13-19(14(2)22(3)21-13)18-5-4-10-23(18)11-16(24)12-25-17-8-6-15(20)7-9-17/h6-9,16,18,24H,4-5,10-12H2,1-3H3/t16-,18+/m0/s1. The highest BCUT2D eigenvalue weighted by atomic mass is 19.1. The fraction of sp³-hybridized carbons (Fsp3) is 0.526. The van der Waals surface area contributed by atoms with E-state index < -0.39 is 6.10 Å². The molecule has 2 atom stereocenters. The molecule has 3 rings (SSSR count). The van der Waals surface area contributed by atoms with E-state index in [1.165, 1.54) is 23.4 Å². The Morgan fingerprint density at radius 3 is 2.68 bits per heavy atom. The molecule has 0 spiro atoms. The fourth-order valence-electron chi connectivity index (χ4n) is 3.69. The Labute approximate surface area is 148 Å². The maximum atomic E-state index is 12.9. The van der Waals surface area contributed by atoms with Crippen molar-refractivity contribution in [2.24, 2.45) is 7.05 Å². The van der Waals surface area contributed by atoms with Crippen LogP contribution in [0.3, 0.4) is 0 Å². The van der Waals surface area contributed by atoms with Crippen molar-refractivity contribution < 1.29 is 14.2 Å². The molecular weight excluding hydrogens is 321 g/mol. The van der Waals surface area contributed by atoms with Crippen LogP contribution in [-0.4, -0.2) is 45.6 Å². The van der Waals surface area contributed by atoms with Gasteiger partial charge in [-0.3, -0.25) is 9.58 Å². The summed E-state index contributed by atoms with van der Waals surface area (Å²) in [4.78, 5) is 2.32. The van der Waals surface area contributed by atoms with Crippen LogP contribution in [0.4, 0.5) is 4.39 Å². The highest BCUT2D eigenvalue weighted by molar-refractivity contribution is 5.29. The van der Waals surface area contributed by atoms with Gasteiger partial charge in [-0.25, -0.2) is 4.39 Å². The average Bonchev–Trinajstić information content (AvgIpc) is 3.11. The fourth-order valence-corrected chi connectivity index (χ4v) is 3.69. The summed E-state index contributed by atoms with van der Waals surface area (Å²) in [7, 11) is 1.97. The third-order valence-corrected chi connectivity index (χ3v) is 4.96. The maximum absolute atomic E-state index is 12.9. The largest absolute Gasteiger partial charge is 0.491 e. The molecule has 0 bridgehead atoms. The minimum absolute atomic E-state index is 0.194. The number of benzene rings is 1. The predicted molar refractivity (Wildman–Crippen MR) is 94.1 cm³/mol. The van der Waals surface area contributed by atoms with Gasteiger partial charge in [0.25, 0.3) is 0 Å². The molecule has 1 aromatic carbocycles. The highest BCUT2D eigenvalue weighted by Crippen LogP contribution is 2.35. The van der Waals surface area contributed by atoms with E-state index in [2.05, 4.69) is 16.9 Å². The number of halogens is 1. The Hall–Kier alpha value is -1.92. The van der Waals surface area contributed by atoms with Gasteiger partial charge in [0, 0.05) is 30.9 Å². The van der Waals surface area contributed by atoms with E-state index in [1.54, 1.807) is 12.1 Å². The number of likely N-dealkylation sites (tertiary alicyclic amines) is 1. The van der Waals surface area contributed by atoms with E-state index in [4.69, 9.17) is 4.74 Å². The summed E-state index contributed by atoms with van der Waals surface area (Å²) in [5.41, 5.74) is 3.53. The smallest absolute Gasteiger partial charge is 0.123 e. The second-order valence-corrected chi connectivity index (χ2v) is 6.78. The summed E-state index contributed by atoms with van der Waals surface area (Å²) in [5, 5.41) is 14.9. The molecule has 6 heteroatoms. The average molecular weight is 347 g/mol. The topological polar surface area (TPSA) is 50.5 Å². The van der Waals surface area contributed by atoms with Crippen LogP contribution in [-0.2, 0) is 7.05 Å². The lowest BCUT2D eigenvalue weighted by atomic mass is 10.0. The van der Waals surface area contributed by atoms with Crippen molar-refractivity contribution in [1.29, 1.82) is 0 Å². The van der Waals surface area contributed by atoms with Crippen LogP contribution in [0.15, 0.2) is 24.3 Å². The van der Waals surface area contributed by atoms with Crippen LogP contribution in [0.5, 0.6) is 5.75 Å². The zero-order valence-electron chi connectivity index (χ0n) is 15.1. The van der Waals surface area contributed by atoms with Gasteiger partial charge in [-0.05, 0) is 57.5 Å². The van der Waals surface area contributed by atoms with Gasteiger partial charge >= 0.3 is 0 Å². The molecule has 0 aliphatic carbocycles. The Kier molecular flexibility index (Phi) is 5.39. The normalized spacial score (nSPS) is 19.3. The number of aromatic nitrogens is 2. The molecule has 5 nitrogen and oxygen atoms in total. The van der Waals surface area contributed by atoms with Crippen molar-refractivity contribution in [1.82, 2.24) is 14.7 Å². The second kappa shape index (κ2) is 7.54. The number of β-amino-alcohol motifs (C(OH)–C–C–N with tert-alkyl or cyclic N) is 1. The molecule has 1 aliphatic rings. The molecule has 136 valence electrons. The molecular formula is C19H26FN3O2. The number of rotatable bonds is 6. The first kappa shape index (κ1) is 17.9. The zero-order chi connectivity index (χ0) is 18.0. The molecule has 25 heavy (non-hydrogen) atoms. The van der Waals surface area contributed by atoms with Gasteiger partial charge < -0.3 is 9.84 Å². The first-order valence-electron chi connectivity index (χ1n) is 8.76. The van der Waals surface area contributed by atoms with Crippen LogP contribution in [0.2, 0.25) is 0 Å². The SMILES string of the molecule is Cc1nn(C)c(C)c1[C@H]1CCCN1C[C@H](O)COc1ccc(F)cc1. The maximum Gasteiger partial charge on any atom is 0.123 e. The van der Waals surface area contributed by atoms with E-state index >= 15 is 0 Å². The minimum atomic E-state index is -0.595. The number of aryl methyl sites for hydroxylation is 2. The zero-order valence-corrected chi connectivity index (χ0v) is 15.1. The molecule has 0 amide bonds. The number of ether oxygens (including phenoxy) is 1. The summed E-state index contributed by atoms with van der Waals surface area (Å²) in [6, 6.07) is 6.15. The van der Waals surface area contributed by atoms with Gasteiger partial charge in [-0.15, -0.1) is 0 Å². The van der Waals surface area contributed by atoms with E-state index in [0.717, 1.165) is 25.1 Å². The summed E-state index contributed by atoms with van der Waals surface area (Å²) in [6.45, 7) is 5.86. The minimum Gasteiger partial charge on any atom is -0.491 e. The second-order valence-electron chi connectivity index (χ2n) is 6.78. The third kappa shape index (κ3) is 4.02. The van der Waals surface area contributed by atoms with Gasteiger partial charge in [0.05, 0.1) is 5.69 Å². The Morgan fingerprint density at radius 1 is 1.32 bits per heavy atom. The van der Waals surface area contributed by atoms with Crippen molar-refractivity contribution >= 4 is 0 Å². The first-order chi connectivity index (χ1) is 12.0. The predicted octanol–water partition coefficient (Wildman–Crippen LogP) is 2.75. The van der Waals surface area contributed by atoms with E-state index in [1.807, 2.05) is 18.7 Å². The summed E-state index contributed by atoms with van der Waals surface area (Å²) >= 11 is 0. The lowest BCUT2D eigenvalue weighted by Gasteiger charge is -2.27. The molecule has 0 radical (unpaired) electrons. The lowest BCUT2D eigenvalue weighted by Crippen LogP contribution is -2.35. The lowest BCUT2D eigenvalue weighted by molar-refractivity contribution is 0.0636. The molecule has 0 saturated carbocycles. The molecule has 2 aromatic rings. The summed E-state index contributed by atoms with van der Waals surface area (Å²) in [5.74, 6) is 0.271. The summed E-state index contributed by atoms with van der Waals surface area (Å²) < 4.78 is 20.4. The highest BCUT2D eigenvalue weighted by Gasteiger charge is 2.31. The van der Waals surface area contributed by atoms with Gasteiger partial charge in [0.15, 0.2) is 0 Å². The van der Waals surface area contributed by atoms with Crippen molar-refractivity contribution in [2.75, 3.05) is 19.7 Å². The van der Waals surface area contributed by atoms with E-state index in [-0.39, 0.29) is 12.4 Å². The van der Waals surface area contributed by atoms with Crippen LogP contribution in [0.1, 0.15) is 35.8 Å². The van der Waals surface area contributed by atoms with E-state index in [0.29, 0.717) is 18.3 Å². The number of hydrogen-bond donors (Lipinski definition) is 1. The van der Waals surface area contributed by atoms with Crippen molar-refractivity contribution in [3.63, 3.8) is 0 Å². The molecule has 1 N–H and O–H groups in total. The van der Waals surface area contributed by atoms with Crippen molar-refractivity contribution in [2.45, 2.75) is 38.8 Å². The first-order valence-corrected chi connectivity index (χ1v) is 8.76. The van der Waals surface area contributed by atoms with Gasteiger partial charge in [-0.1, -0.05) is 0 Å². The van der Waals surface area contributed by atoms with Crippen LogP contribution >= 0.6 is 0 Å². The Balaban J connectivity index is 1.60. The van der Waals surface area contributed by atoms with Crippen molar-refractivity contribution in [3.8, 4) is 5.75 Å². The van der Waals surface area contributed by atoms with Crippen LogP contribution in [0, 0.1) is 19.7 Å². The van der Waals surface area contributed by atoms with E-state index in [9.17, 15) is 9.50 Å². The number of hydrogen-bond acceptors (Lipinski definition) is 4. The number of aliphatic hydroxyl groups excluding tert-OH is 1. The van der Waals surface area contributed by atoms with Gasteiger partial charge in [0.1, 0.15) is 24.3 Å². The molecule has 1 aromatic heterocycles. The number of aliphatic hydroxyl groups is 1. The van der Waals surface area contributed by atoms with Crippen LogP contribution < -0.4 is 4.74 Å². The third-order valence-electron chi connectivity index (χ3n) is 4.96. The molecule has 2 heterocycles. The van der Waals surface area contributed by atoms with Gasteiger partial charge in [0.2, 0.25) is 0 Å². The van der Waals surface area contributed by atoms with Gasteiger partial charge in [-0.2, -0.15) is 5.10 Å². The Morgan fingerprint density at radius 2 is 2.04 bits per heavy atom. The molecule has 0 unspecified atom stereocenters. The molecule has 1 fully saturated rings. The molecule has 1 aliphatic heterocycles. The molecule has 1 saturated heterocycles. The quantitative estimate of drug-likeness (QED) is 0.873. The Bertz CT molecular complexity index is 714. The number of nitrogens with zero attached hydrogens (tertiary/aromatic N) is 3.